The van der Waals surface area contributed by atoms with Crippen LogP contribution >= 0.6 is 41.2 Å². The number of carbonyl (C=O) groups excluding carboxylic acids is 8. The number of phenols is 1. The number of fused-ring (bicyclic) bond motifs is 1. The summed E-state index contributed by atoms with van der Waals surface area (Å²) in [6.45, 7) is 4.81. The predicted octanol–water partition coefficient (Wildman–Crippen LogP) is 0.567. The van der Waals surface area contributed by atoms with Crippen LogP contribution in [0.2, 0.25) is 0 Å². The average Bonchev–Trinajstić information content (AvgIpc) is 3.37. The van der Waals surface area contributed by atoms with Gasteiger partial charge in [0, 0.05) is 28.8 Å². The number of nitrogens with one attached hydrogen (secondary N) is 7. The van der Waals surface area contributed by atoms with Crippen molar-refractivity contribution in [3.63, 3.8) is 0 Å². The van der Waals surface area contributed by atoms with Crippen LogP contribution in [-0.4, -0.2) is 130 Å². The van der Waals surface area contributed by atoms with Crippen LogP contribution in [0.4, 0.5) is 0 Å². The molecular weight excluding hydrogens is 1070 g/mol. The number of hydrogen-bond donors (Lipinski definition) is 14. The van der Waals surface area contributed by atoms with Crippen molar-refractivity contribution in [1.82, 2.24) is 37.2 Å². The number of carbonyl (C=O) groups is 8. The molecule has 4 aromatic carbocycles. The molecule has 75 heavy (non-hydrogen) atoms. The molecule has 0 aliphatic rings. The minimum Gasteiger partial charge on any atom is -0.508 e. The number of halogens is 1. The molecule has 9 atom stereocenters. The van der Waals surface area contributed by atoms with Crippen LogP contribution in [0.15, 0.2) is 95.5 Å². The maximum Gasteiger partial charge on any atom is 0.244 e. The highest BCUT2D eigenvalue weighted by molar-refractivity contribution is 9.10. The van der Waals surface area contributed by atoms with Gasteiger partial charge in [0.2, 0.25) is 47.3 Å². The Labute approximate surface area is 455 Å². The van der Waals surface area contributed by atoms with Crippen molar-refractivity contribution in [3.8, 4) is 5.75 Å². The van der Waals surface area contributed by atoms with E-state index in [0.29, 0.717) is 24.0 Å². The fraction of sp³-hybridized carbons (Fsp3) is 0.423. The lowest BCUT2D eigenvalue weighted by atomic mass is 10.00. The van der Waals surface area contributed by atoms with E-state index in [2.05, 4.69) is 78.4 Å². The van der Waals surface area contributed by atoms with Crippen LogP contribution in [0.25, 0.3) is 10.8 Å². The molecule has 0 radical (unpaired) electrons. The summed E-state index contributed by atoms with van der Waals surface area (Å²) >= 11 is 11.9. The second-order valence-corrected chi connectivity index (χ2v) is 20.2. The molecule has 4 aromatic rings. The van der Waals surface area contributed by atoms with Gasteiger partial charge in [-0.2, -0.15) is 25.3 Å². The molecule has 0 saturated carbocycles. The van der Waals surface area contributed by atoms with Gasteiger partial charge in [-0.15, -0.1) is 0 Å². The first-order valence-electron chi connectivity index (χ1n) is 24.4. The Balaban J connectivity index is 1.58. The summed E-state index contributed by atoms with van der Waals surface area (Å²) in [6.07, 6.45) is -0.528. The Hall–Kier alpha value is -6.24. The van der Waals surface area contributed by atoms with Crippen LogP contribution in [-0.2, 0) is 57.6 Å². The van der Waals surface area contributed by atoms with Gasteiger partial charge in [-0.05, 0) is 96.8 Å². The van der Waals surface area contributed by atoms with E-state index < -0.39 is 108 Å². The normalized spacial score (nSPS) is 14.9. The quantitative estimate of drug-likeness (QED) is 0.0262. The van der Waals surface area contributed by atoms with Crippen LogP contribution in [0.1, 0.15) is 56.7 Å². The smallest absolute Gasteiger partial charge is 0.244 e. The zero-order valence-corrected chi connectivity index (χ0v) is 45.3. The number of amides is 8. The number of thiol groups is 2. The molecule has 0 saturated heterocycles. The number of unbranched alkanes of at least 4 members (excludes halogenated alkanes) is 1. The van der Waals surface area contributed by atoms with E-state index in [1.807, 2.05) is 42.5 Å². The van der Waals surface area contributed by atoms with E-state index in [0.717, 1.165) is 20.8 Å². The molecule has 20 nitrogen and oxygen atoms in total. The standard InChI is InChI=1S/C52H69BrN10O10S2/c1-28(2)43(52(73)61-42(27-75)51(72)63-44(29(3)64)45(56)66)62-47(68)38(10-6-7-21-54)57-48(69)39(24-30-12-17-35(53)18-13-30)58-49(70)40(25-31-14-19-36(65)20-15-31)59-50(71)41(26-74)60-46(67)37(55)23-32-11-16-33-8-4-5-9-34(33)22-32/h4-5,8-9,11-20,22,28-29,37-44,64-65,74-75H,6-7,10,21,23-27,54-55H2,1-3H3,(H2,56,66)(H,57,69)(H,58,70)(H,59,71)(H,60,67)(H,61,73)(H,62,68)(H,63,72)/t29-,37+,38+,39-,40+,41+,42+,43+,44+/m1/s1. The maximum atomic E-state index is 14.6. The number of nitrogens with two attached hydrogens (primary N) is 3. The van der Waals surface area contributed by atoms with Gasteiger partial charge in [-0.3, -0.25) is 38.4 Å². The van der Waals surface area contributed by atoms with E-state index in [1.54, 1.807) is 50.2 Å². The SMILES string of the molecule is CC(C)[C@H](NC(=O)[C@H](CCCCN)NC(=O)[C@@H](Cc1ccc(Br)cc1)NC(=O)[C@H](Cc1ccc(O)cc1)NC(=O)[C@H](CS)NC(=O)[C@@H](N)Cc1ccc2ccccc2c1)C(=O)N[C@@H](CS)C(=O)N[C@H](C(N)=O)[C@@H](C)O. The highest BCUT2D eigenvalue weighted by Crippen LogP contribution is 2.18. The third-order valence-corrected chi connectivity index (χ3v) is 13.4. The molecule has 15 N–H and O–H groups in total. The number of aromatic hydroxyl groups is 1. The first kappa shape index (κ1) is 61.3. The summed E-state index contributed by atoms with van der Waals surface area (Å²) in [4.78, 5) is 109. The molecule has 4 rings (SSSR count). The number of hydrogen-bond acceptors (Lipinski definition) is 14. The lowest BCUT2D eigenvalue weighted by molar-refractivity contribution is -0.136. The summed E-state index contributed by atoms with van der Waals surface area (Å²) in [7, 11) is 0. The van der Waals surface area contributed by atoms with Crippen LogP contribution in [0.3, 0.4) is 0 Å². The van der Waals surface area contributed by atoms with Gasteiger partial charge in [0.15, 0.2) is 0 Å². The van der Waals surface area contributed by atoms with Crippen molar-refractivity contribution < 1.29 is 48.6 Å². The first-order valence-corrected chi connectivity index (χ1v) is 26.5. The number of benzene rings is 4. The van der Waals surface area contributed by atoms with Crippen LogP contribution < -0.4 is 54.4 Å². The van der Waals surface area contributed by atoms with Crippen molar-refractivity contribution in [2.75, 3.05) is 18.1 Å². The molecule has 0 fully saturated rings. The second-order valence-electron chi connectivity index (χ2n) is 18.5. The Morgan fingerprint density at radius 3 is 1.52 bits per heavy atom. The highest BCUT2D eigenvalue weighted by Gasteiger charge is 2.35. The van der Waals surface area contributed by atoms with Crippen molar-refractivity contribution in [3.05, 3.63) is 112 Å². The van der Waals surface area contributed by atoms with Gasteiger partial charge < -0.3 is 64.6 Å². The lowest BCUT2D eigenvalue weighted by Gasteiger charge is -2.29. The topological polar surface area (TPSA) is 339 Å². The molecule has 0 bridgehead atoms. The lowest BCUT2D eigenvalue weighted by Crippen LogP contribution is -2.62. The fourth-order valence-electron chi connectivity index (χ4n) is 7.83. The van der Waals surface area contributed by atoms with Crippen molar-refractivity contribution in [1.29, 1.82) is 0 Å². The maximum absolute atomic E-state index is 14.6. The van der Waals surface area contributed by atoms with Gasteiger partial charge in [0.25, 0.3) is 0 Å². The van der Waals surface area contributed by atoms with Gasteiger partial charge in [-0.1, -0.05) is 96.5 Å². The van der Waals surface area contributed by atoms with E-state index >= 15 is 0 Å². The summed E-state index contributed by atoms with van der Waals surface area (Å²) in [5.74, 6) is -7.49. The molecule has 0 aromatic heterocycles. The highest BCUT2D eigenvalue weighted by atomic mass is 79.9. The number of primary amides is 1. The average molecular weight is 1140 g/mol. The summed E-state index contributed by atoms with van der Waals surface area (Å²) in [6, 6.07) is 15.9. The number of aliphatic hydroxyl groups excluding tert-OH is 1. The number of aliphatic hydroxyl groups is 1. The van der Waals surface area contributed by atoms with E-state index in [4.69, 9.17) is 17.2 Å². The van der Waals surface area contributed by atoms with Crippen molar-refractivity contribution in [2.45, 2.75) is 114 Å². The molecule has 0 unspecified atom stereocenters. The minimum atomic E-state index is -1.46. The Kier molecular flexibility index (Phi) is 24.8. The van der Waals surface area contributed by atoms with Crippen molar-refractivity contribution >= 4 is 99.2 Å². The van der Waals surface area contributed by atoms with E-state index in [-0.39, 0.29) is 49.5 Å². The monoisotopic (exact) mass is 1140 g/mol. The molecule has 8 amide bonds. The van der Waals surface area contributed by atoms with Gasteiger partial charge >= 0.3 is 0 Å². The Morgan fingerprint density at radius 1 is 0.547 bits per heavy atom. The summed E-state index contributed by atoms with van der Waals surface area (Å²) in [5.41, 5.74) is 19.4. The van der Waals surface area contributed by atoms with Gasteiger partial charge in [0.1, 0.15) is 48.0 Å². The fourth-order valence-corrected chi connectivity index (χ4v) is 8.61. The largest absolute Gasteiger partial charge is 0.508 e. The van der Waals surface area contributed by atoms with E-state index in [9.17, 15) is 48.6 Å². The molecule has 0 aliphatic heterocycles. The molecule has 0 aliphatic carbocycles. The number of rotatable bonds is 29. The third-order valence-electron chi connectivity index (χ3n) is 12.1. The zero-order chi connectivity index (χ0) is 55.4. The van der Waals surface area contributed by atoms with E-state index in [1.165, 1.54) is 19.1 Å². The third kappa shape index (κ3) is 19.4. The molecule has 0 heterocycles. The summed E-state index contributed by atoms with van der Waals surface area (Å²) in [5, 5.41) is 40.3. The molecule has 23 heteroatoms. The molecule has 0 spiro atoms. The van der Waals surface area contributed by atoms with Crippen molar-refractivity contribution in [2.24, 2.45) is 23.1 Å². The molecular formula is C52H69BrN10O10S2. The first-order chi connectivity index (χ1) is 35.6. The zero-order valence-electron chi connectivity index (χ0n) is 42.0. The van der Waals surface area contributed by atoms with Crippen LogP contribution in [0.5, 0.6) is 5.75 Å². The van der Waals surface area contributed by atoms with Crippen LogP contribution in [0, 0.1) is 5.92 Å². The predicted molar refractivity (Wildman–Crippen MR) is 295 cm³/mol. The Morgan fingerprint density at radius 2 is 1.00 bits per heavy atom. The number of phenolic OH excluding ortho intramolecular Hbond substituents is 1. The second kappa shape index (κ2) is 30.3. The van der Waals surface area contributed by atoms with Gasteiger partial charge in [0.05, 0.1) is 12.1 Å². The Bertz CT molecular complexity index is 2590. The summed E-state index contributed by atoms with van der Waals surface area (Å²) < 4.78 is 0.741. The van der Waals surface area contributed by atoms with Gasteiger partial charge in [-0.25, -0.2) is 0 Å². The molecule has 406 valence electrons. The minimum absolute atomic E-state index is 0.0451.